The maximum atomic E-state index is 10.7. The van der Waals surface area contributed by atoms with Gasteiger partial charge in [-0.25, -0.2) is 0 Å². The van der Waals surface area contributed by atoms with Crippen molar-refractivity contribution in [1.82, 2.24) is 10.3 Å². The van der Waals surface area contributed by atoms with E-state index in [1.54, 1.807) is 12.1 Å². The van der Waals surface area contributed by atoms with Gasteiger partial charge in [0.25, 0.3) is 0 Å². The van der Waals surface area contributed by atoms with E-state index in [4.69, 9.17) is 5.11 Å². The zero-order valence-electron chi connectivity index (χ0n) is 12.6. The lowest BCUT2D eigenvalue weighted by Crippen LogP contribution is -2.30. The SMILES string of the molecule is CC(C)C1=CC=CC(O)N1.CC(C)c1cccc(=O)[nH]1. The summed E-state index contributed by atoms with van der Waals surface area (Å²) >= 11 is 0. The molecule has 0 fully saturated rings. The average molecular weight is 276 g/mol. The number of H-pyrrole nitrogens is 1. The van der Waals surface area contributed by atoms with Crippen molar-refractivity contribution in [2.24, 2.45) is 5.92 Å². The number of aromatic amines is 1. The number of aliphatic hydroxyl groups excluding tert-OH is 1. The largest absolute Gasteiger partial charge is 0.370 e. The Morgan fingerprint density at radius 2 is 1.85 bits per heavy atom. The summed E-state index contributed by atoms with van der Waals surface area (Å²) in [5.74, 6) is 0.855. The number of rotatable bonds is 2. The molecule has 0 aromatic carbocycles. The molecular formula is C16H24N2O2. The molecule has 1 aliphatic rings. The molecule has 1 unspecified atom stereocenters. The second-order valence-corrected chi connectivity index (χ2v) is 5.38. The fourth-order valence-electron chi connectivity index (χ4n) is 1.69. The lowest BCUT2D eigenvalue weighted by molar-refractivity contribution is 0.191. The number of nitrogens with one attached hydrogen (secondary N) is 2. The van der Waals surface area contributed by atoms with Gasteiger partial charge < -0.3 is 15.4 Å². The number of pyridine rings is 1. The molecule has 0 saturated heterocycles. The third kappa shape index (κ3) is 5.45. The van der Waals surface area contributed by atoms with Crippen LogP contribution in [0, 0.1) is 5.92 Å². The Morgan fingerprint density at radius 3 is 2.25 bits per heavy atom. The molecule has 0 spiro atoms. The maximum Gasteiger partial charge on any atom is 0.248 e. The number of aromatic nitrogens is 1. The molecule has 0 bridgehead atoms. The van der Waals surface area contributed by atoms with Gasteiger partial charge in [0.2, 0.25) is 5.56 Å². The van der Waals surface area contributed by atoms with Crippen LogP contribution in [0.5, 0.6) is 0 Å². The van der Waals surface area contributed by atoms with Crippen LogP contribution in [0.2, 0.25) is 0 Å². The third-order valence-corrected chi connectivity index (χ3v) is 2.92. The first-order valence-electron chi connectivity index (χ1n) is 6.92. The van der Waals surface area contributed by atoms with Crippen molar-refractivity contribution >= 4 is 0 Å². The summed E-state index contributed by atoms with van der Waals surface area (Å²) in [5.41, 5.74) is 2.06. The van der Waals surface area contributed by atoms with Gasteiger partial charge in [-0.15, -0.1) is 0 Å². The van der Waals surface area contributed by atoms with Crippen LogP contribution in [0.4, 0.5) is 0 Å². The summed E-state index contributed by atoms with van der Waals surface area (Å²) < 4.78 is 0. The number of hydrogen-bond acceptors (Lipinski definition) is 3. The fourth-order valence-corrected chi connectivity index (χ4v) is 1.69. The zero-order valence-corrected chi connectivity index (χ0v) is 12.6. The number of dihydropyridines is 1. The standard InChI is InChI=1S/C8H13NO.C8H11NO/c2*1-6(2)7-4-3-5-8(10)9-7/h3-6,8-10H,1-2H3;3-6H,1-2H3,(H,9,10). The Balaban J connectivity index is 0.000000200. The first-order valence-corrected chi connectivity index (χ1v) is 6.92. The van der Waals surface area contributed by atoms with Crippen LogP contribution in [-0.2, 0) is 0 Å². The van der Waals surface area contributed by atoms with E-state index in [2.05, 4.69) is 24.1 Å². The van der Waals surface area contributed by atoms with Gasteiger partial charge in [-0.3, -0.25) is 4.79 Å². The molecule has 4 nitrogen and oxygen atoms in total. The second kappa shape index (κ2) is 7.70. The monoisotopic (exact) mass is 276 g/mol. The summed E-state index contributed by atoms with van der Waals surface area (Å²) in [6.45, 7) is 8.27. The van der Waals surface area contributed by atoms with Gasteiger partial charge in [0.15, 0.2) is 0 Å². The number of allylic oxidation sites excluding steroid dienone is 3. The van der Waals surface area contributed by atoms with Crippen LogP contribution in [0.3, 0.4) is 0 Å². The van der Waals surface area contributed by atoms with Crippen LogP contribution in [0.1, 0.15) is 39.3 Å². The van der Waals surface area contributed by atoms with Crippen molar-refractivity contribution in [3.05, 3.63) is 58.2 Å². The van der Waals surface area contributed by atoms with Crippen molar-refractivity contribution in [2.45, 2.75) is 39.8 Å². The second-order valence-electron chi connectivity index (χ2n) is 5.38. The van der Waals surface area contributed by atoms with Crippen molar-refractivity contribution in [2.75, 3.05) is 0 Å². The molecule has 0 aliphatic carbocycles. The van der Waals surface area contributed by atoms with Gasteiger partial charge >= 0.3 is 0 Å². The smallest absolute Gasteiger partial charge is 0.248 e. The topological polar surface area (TPSA) is 65.1 Å². The molecule has 2 heterocycles. The Hall–Kier alpha value is -1.81. The van der Waals surface area contributed by atoms with Gasteiger partial charge in [0.05, 0.1) is 0 Å². The summed E-state index contributed by atoms with van der Waals surface area (Å²) in [6, 6.07) is 5.21. The van der Waals surface area contributed by atoms with Crippen molar-refractivity contribution in [1.29, 1.82) is 0 Å². The van der Waals surface area contributed by atoms with Crippen molar-refractivity contribution in [3.8, 4) is 0 Å². The van der Waals surface area contributed by atoms with Crippen LogP contribution in [-0.4, -0.2) is 16.3 Å². The highest BCUT2D eigenvalue weighted by Gasteiger charge is 2.07. The number of hydrogen-bond donors (Lipinski definition) is 3. The van der Waals surface area contributed by atoms with Crippen molar-refractivity contribution < 1.29 is 5.11 Å². The molecule has 0 amide bonds. The van der Waals surface area contributed by atoms with Crippen molar-refractivity contribution in [3.63, 3.8) is 0 Å². The van der Waals surface area contributed by atoms with Gasteiger partial charge in [-0.1, -0.05) is 39.8 Å². The minimum absolute atomic E-state index is 0.0220. The quantitative estimate of drug-likeness (QED) is 0.777. The number of aliphatic hydroxyl groups is 1. The summed E-state index contributed by atoms with van der Waals surface area (Å²) in [5, 5.41) is 12.0. The van der Waals surface area contributed by atoms with E-state index in [0.717, 1.165) is 11.4 Å². The van der Waals surface area contributed by atoms with E-state index in [1.165, 1.54) is 6.07 Å². The fraction of sp³-hybridized carbons (Fsp3) is 0.438. The minimum Gasteiger partial charge on any atom is -0.370 e. The zero-order chi connectivity index (χ0) is 15.1. The van der Waals surface area contributed by atoms with E-state index in [0.29, 0.717) is 11.8 Å². The summed E-state index contributed by atoms with van der Waals surface area (Å²) in [7, 11) is 0. The van der Waals surface area contributed by atoms with E-state index in [9.17, 15) is 4.79 Å². The molecular weight excluding hydrogens is 252 g/mol. The molecule has 1 aliphatic heterocycles. The van der Waals surface area contributed by atoms with E-state index < -0.39 is 6.23 Å². The molecule has 1 atom stereocenters. The lowest BCUT2D eigenvalue weighted by Gasteiger charge is -2.19. The summed E-state index contributed by atoms with van der Waals surface area (Å²) in [6.07, 6.45) is 5.07. The molecule has 2 rings (SSSR count). The van der Waals surface area contributed by atoms with Crippen LogP contribution >= 0.6 is 0 Å². The summed E-state index contributed by atoms with van der Waals surface area (Å²) in [4.78, 5) is 13.5. The highest BCUT2D eigenvalue weighted by Crippen LogP contribution is 2.09. The molecule has 1 aromatic rings. The minimum atomic E-state index is -0.498. The van der Waals surface area contributed by atoms with E-state index in [1.807, 2.05) is 32.1 Å². The Morgan fingerprint density at radius 1 is 1.15 bits per heavy atom. The predicted octanol–water partition coefficient (Wildman–Crippen LogP) is 2.50. The molecule has 20 heavy (non-hydrogen) atoms. The van der Waals surface area contributed by atoms with Gasteiger partial charge in [-0.2, -0.15) is 0 Å². The molecule has 0 saturated carbocycles. The Bertz CT molecular complexity index is 527. The van der Waals surface area contributed by atoms with Crippen LogP contribution < -0.4 is 10.9 Å². The maximum absolute atomic E-state index is 10.7. The first kappa shape index (κ1) is 16.2. The molecule has 4 heteroatoms. The van der Waals surface area contributed by atoms with Gasteiger partial charge in [0.1, 0.15) is 6.23 Å². The third-order valence-electron chi connectivity index (χ3n) is 2.92. The van der Waals surface area contributed by atoms with Crippen LogP contribution in [0.15, 0.2) is 46.9 Å². The van der Waals surface area contributed by atoms with E-state index in [-0.39, 0.29) is 5.56 Å². The highest BCUT2D eigenvalue weighted by molar-refractivity contribution is 5.19. The van der Waals surface area contributed by atoms with Gasteiger partial charge in [0, 0.05) is 17.5 Å². The average Bonchev–Trinajstić information content (AvgIpc) is 2.39. The molecule has 0 radical (unpaired) electrons. The van der Waals surface area contributed by atoms with Gasteiger partial charge in [-0.05, 0) is 30.1 Å². The molecule has 1 aromatic heterocycles. The Kier molecular flexibility index (Phi) is 6.25. The predicted molar refractivity (Wildman–Crippen MR) is 82.4 cm³/mol. The first-order chi connectivity index (χ1) is 9.40. The molecule has 110 valence electrons. The Labute approximate surface area is 120 Å². The van der Waals surface area contributed by atoms with Crippen LogP contribution in [0.25, 0.3) is 0 Å². The van der Waals surface area contributed by atoms with E-state index >= 15 is 0 Å². The normalized spacial score (nSPS) is 17.4. The lowest BCUT2D eigenvalue weighted by atomic mass is 10.1. The molecule has 3 N–H and O–H groups in total. The highest BCUT2D eigenvalue weighted by atomic mass is 16.3.